The molecule has 152 valence electrons. The minimum absolute atomic E-state index is 0.00526. The second-order valence-corrected chi connectivity index (χ2v) is 7.75. The van der Waals surface area contributed by atoms with E-state index in [0.717, 1.165) is 6.42 Å². The molecule has 7 heteroatoms. The first-order valence-electron chi connectivity index (χ1n) is 9.94. The third kappa shape index (κ3) is 4.62. The lowest BCUT2D eigenvalue weighted by molar-refractivity contribution is -0.143. The lowest BCUT2D eigenvalue weighted by Crippen LogP contribution is -2.47. The molecule has 2 aromatic rings. The Bertz CT molecular complexity index is 882. The summed E-state index contributed by atoms with van der Waals surface area (Å²) in [6.07, 6.45) is 5.86. The van der Waals surface area contributed by atoms with E-state index in [1.807, 2.05) is 4.90 Å². The van der Waals surface area contributed by atoms with E-state index in [1.165, 1.54) is 12.1 Å². The van der Waals surface area contributed by atoms with Gasteiger partial charge in [0.2, 0.25) is 5.91 Å². The predicted octanol–water partition coefficient (Wildman–Crippen LogP) is 2.94. The van der Waals surface area contributed by atoms with Crippen LogP contribution in [0.2, 0.25) is 0 Å². The third-order valence-electron chi connectivity index (χ3n) is 5.75. The molecule has 2 aliphatic rings. The van der Waals surface area contributed by atoms with Crippen LogP contribution in [0.3, 0.4) is 0 Å². The van der Waals surface area contributed by atoms with Gasteiger partial charge < -0.3 is 15.0 Å². The van der Waals surface area contributed by atoms with Gasteiger partial charge in [0, 0.05) is 19.3 Å². The molecular weight excluding hydrogens is 373 g/mol. The Morgan fingerprint density at radius 3 is 2.76 bits per heavy atom. The standard InChI is InChI=1S/C22H24FN3O3/c23-17-4-1-3-16(13-17)14-20(27)26-11-8-22(9-12-26)7-6-19(29-22)21(28)25-18-5-2-10-24-15-18/h1-5,10,13,15,19H,6-9,11-12,14H2,(H,25,28)/t19-/m0/s1. The molecule has 0 bridgehead atoms. The number of rotatable bonds is 4. The predicted molar refractivity (Wildman–Crippen MR) is 106 cm³/mol. The highest BCUT2D eigenvalue weighted by Crippen LogP contribution is 2.39. The van der Waals surface area contributed by atoms with E-state index in [4.69, 9.17) is 4.74 Å². The van der Waals surface area contributed by atoms with E-state index in [0.29, 0.717) is 43.6 Å². The second-order valence-electron chi connectivity index (χ2n) is 7.75. The van der Waals surface area contributed by atoms with E-state index in [9.17, 15) is 14.0 Å². The Morgan fingerprint density at radius 1 is 1.21 bits per heavy atom. The topological polar surface area (TPSA) is 71.5 Å². The van der Waals surface area contributed by atoms with Crippen molar-refractivity contribution in [3.63, 3.8) is 0 Å². The van der Waals surface area contributed by atoms with Crippen LogP contribution in [-0.4, -0.2) is 46.5 Å². The number of amides is 2. The summed E-state index contributed by atoms with van der Waals surface area (Å²) in [7, 11) is 0. The number of benzene rings is 1. The number of anilines is 1. The molecule has 1 atom stereocenters. The van der Waals surface area contributed by atoms with Crippen molar-refractivity contribution in [2.75, 3.05) is 18.4 Å². The zero-order valence-corrected chi connectivity index (χ0v) is 16.1. The third-order valence-corrected chi connectivity index (χ3v) is 5.75. The molecule has 2 fully saturated rings. The highest BCUT2D eigenvalue weighted by atomic mass is 19.1. The van der Waals surface area contributed by atoms with Crippen LogP contribution < -0.4 is 5.32 Å². The monoisotopic (exact) mass is 397 g/mol. The molecule has 6 nitrogen and oxygen atoms in total. The minimum Gasteiger partial charge on any atom is -0.362 e. The number of hydrogen-bond donors (Lipinski definition) is 1. The lowest BCUT2D eigenvalue weighted by Gasteiger charge is -2.39. The molecule has 3 heterocycles. The van der Waals surface area contributed by atoms with Crippen molar-refractivity contribution >= 4 is 17.5 Å². The van der Waals surface area contributed by atoms with Crippen molar-refractivity contribution in [2.45, 2.75) is 43.8 Å². The SMILES string of the molecule is O=C(Nc1cccnc1)[C@@H]1CCC2(CCN(C(=O)Cc3cccc(F)c3)CC2)O1. The number of nitrogens with one attached hydrogen (secondary N) is 1. The second kappa shape index (κ2) is 8.29. The van der Waals surface area contributed by atoms with Gasteiger partial charge in [0.1, 0.15) is 11.9 Å². The van der Waals surface area contributed by atoms with Crippen molar-refractivity contribution in [2.24, 2.45) is 0 Å². The number of pyridine rings is 1. The van der Waals surface area contributed by atoms with Gasteiger partial charge in [0.25, 0.3) is 5.91 Å². The first-order chi connectivity index (χ1) is 14.0. The van der Waals surface area contributed by atoms with Crippen molar-refractivity contribution in [1.82, 2.24) is 9.88 Å². The Balaban J connectivity index is 1.29. The van der Waals surface area contributed by atoms with Crippen LogP contribution >= 0.6 is 0 Å². The number of carbonyl (C=O) groups is 2. The number of nitrogens with zero attached hydrogens (tertiary/aromatic N) is 2. The maximum atomic E-state index is 13.3. The number of aromatic nitrogens is 1. The van der Waals surface area contributed by atoms with E-state index < -0.39 is 6.10 Å². The summed E-state index contributed by atoms with van der Waals surface area (Å²) in [6, 6.07) is 9.71. The fourth-order valence-electron chi connectivity index (χ4n) is 4.12. The summed E-state index contributed by atoms with van der Waals surface area (Å²) in [5.41, 5.74) is 0.992. The molecule has 0 unspecified atom stereocenters. The molecule has 29 heavy (non-hydrogen) atoms. The molecule has 0 aliphatic carbocycles. The Labute approximate surface area is 169 Å². The van der Waals surface area contributed by atoms with Gasteiger partial charge in [-0.3, -0.25) is 14.6 Å². The zero-order chi connectivity index (χ0) is 20.3. The summed E-state index contributed by atoms with van der Waals surface area (Å²) < 4.78 is 19.5. The van der Waals surface area contributed by atoms with E-state index >= 15 is 0 Å². The highest BCUT2D eigenvalue weighted by Gasteiger charge is 2.45. The average Bonchev–Trinajstić information content (AvgIpc) is 3.13. The number of ether oxygens (including phenoxy) is 1. The van der Waals surface area contributed by atoms with Crippen LogP contribution in [0.5, 0.6) is 0 Å². The highest BCUT2D eigenvalue weighted by molar-refractivity contribution is 5.94. The fraction of sp³-hybridized carbons (Fsp3) is 0.409. The Kier molecular flexibility index (Phi) is 5.58. The van der Waals surface area contributed by atoms with Crippen molar-refractivity contribution in [3.8, 4) is 0 Å². The van der Waals surface area contributed by atoms with Crippen LogP contribution in [-0.2, 0) is 20.7 Å². The molecule has 2 saturated heterocycles. The molecule has 1 aromatic carbocycles. The maximum absolute atomic E-state index is 13.3. The van der Waals surface area contributed by atoms with Gasteiger partial charge in [-0.25, -0.2) is 4.39 Å². The summed E-state index contributed by atoms with van der Waals surface area (Å²) in [5, 5.41) is 2.84. The summed E-state index contributed by atoms with van der Waals surface area (Å²) in [6.45, 7) is 1.18. The molecule has 0 saturated carbocycles. The van der Waals surface area contributed by atoms with Gasteiger partial charge in [-0.05, 0) is 55.5 Å². The molecule has 4 rings (SSSR count). The number of carbonyl (C=O) groups excluding carboxylic acids is 2. The number of hydrogen-bond acceptors (Lipinski definition) is 4. The minimum atomic E-state index is -0.482. The summed E-state index contributed by atoms with van der Waals surface area (Å²) in [4.78, 5) is 30.8. The van der Waals surface area contributed by atoms with Crippen LogP contribution in [0.4, 0.5) is 10.1 Å². The average molecular weight is 397 g/mol. The van der Waals surface area contributed by atoms with Crippen molar-refractivity contribution in [1.29, 1.82) is 0 Å². The fourth-order valence-corrected chi connectivity index (χ4v) is 4.12. The van der Waals surface area contributed by atoms with Gasteiger partial charge in [0.05, 0.1) is 23.9 Å². The molecule has 1 N–H and O–H groups in total. The van der Waals surface area contributed by atoms with Gasteiger partial charge in [-0.15, -0.1) is 0 Å². The largest absolute Gasteiger partial charge is 0.362 e. The number of piperidine rings is 1. The zero-order valence-electron chi connectivity index (χ0n) is 16.1. The van der Waals surface area contributed by atoms with Crippen molar-refractivity contribution in [3.05, 3.63) is 60.2 Å². The van der Waals surface area contributed by atoms with Gasteiger partial charge in [-0.2, -0.15) is 0 Å². The molecule has 0 radical (unpaired) electrons. The van der Waals surface area contributed by atoms with Gasteiger partial charge in [-0.1, -0.05) is 12.1 Å². The van der Waals surface area contributed by atoms with Crippen molar-refractivity contribution < 1.29 is 18.7 Å². The molecule has 2 aliphatic heterocycles. The van der Waals surface area contributed by atoms with Gasteiger partial charge >= 0.3 is 0 Å². The van der Waals surface area contributed by atoms with Crippen LogP contribution in [0.25, 0.3) is 0 Å². The van der Waals surface area contributed by atoms with Crippen LogP contribution in [0.1, 0.15) is 31.2 Å². The first kappa shape index (κ1) is 19.5. The normalized spacial score (nSPS) is 20.6. The van der Waals surface area contributed by atoms with Crippen LogP contribution in [0.15, 0.2) is 48.8 Å². The number of halogens is 1. The molecule has 1 spiro atoms. The Hall–Kier alpha value is -2.80. The summed E-state index contributed by atoms with van der Waals surface area (Å²) >= 11 is 0. The molecular formula is C22H24FN3O3. The maximum Gasteiger partial charge on any atom is 0.253 e. The number of likely N-dealkylation sites (tertiary alicyclic amines) is 1. The van der Waals surface area contributed by atoms with E-state index in [2.05, 4.69) is 10.3 Å². The molecule has 2 amide bonds. The quantitative estimate of drug-likeness (QED) is 0.861. The van der Waals surface area contributed by atoms with E-state index in [-0.39, 0.29) is 29.7 Å². The Morgan fingerprint density at radius 2 is 2.03 bits per heavy atom. The summed E-state index contributed by atoms with van der Waals surface area (Å²) in [5.74, 6) is -0.489. The smallest absolute Gasteiger partial charge is 0.253 e. The lowest BCUT2D eigenvalue weighted by atomic mass is 9.88. The van der Waals surface area contributed by atoms with Gasteiger partial charge in [0.15, 0.2) is 0 Å². The van der Waals surface area contributed by atoms with E-state index in [1.54, 1.807) is 36.7 Å². The molecule has 1 aromatic heterocycles. The van der Waals surface area contributed by atoms with Crippen LogP contribution in [0, 0.1) is 5.82 Å². The first-order valence-corrected chi connectivity index (χ1v) is 9.94.